The van der Waals surface area contributed by atoms with Gasteiger partial charge in [0, 0.05) is 6.07 Å². The summed E-state index contributed by atoms with van der Waals surface area (Å²) in [5.41, 5.74) is 2.23. The van der Waals surface area contributed by atoms with Gasteiger partial charge >= 0.3 is 0 Å². The number of para-hydroxylation sites is 2. The smallest absolute Gasteiger partial charge is 0.258 e. The summed E-state index contributed by atoms with van der Waals surface area (Å²) in [6, 6.07) is 14.4. The Morgan fingerprint density at radius 2 is 2.12 bits per heavy atom. The first-order chi connectivity index (χ1) is 12.2. The Balaban J connectivity index is 1.55. The Labute approximate surface area is 144 Å². The Bertz CT molecular complexity index is 910. The van der Waals surface area contributed by atoms with E-state index >= 15 is 0 Å². The predicted octanol–water partition coefficient (Wildman–Crippen LogP) is 2.14. The molecule has 0 bridgehead atoms. The highest BCUT2D eigenvalue weighted by Gasteiger charge is 2.09. The highest BCUT2D eigenvalue weighted by molar-refractivity contribution is 5.78. The lowest BCUT2D eigenvalue weighted by atomic mass is 10.2. The fraction of sp³-hybridized carbons (Fsp3) is 0.167. The molecule has 7 heteroatoms. The highest BCUT2D eigenvalue weighted by Crippen LogP contribution is 2.27. The number of carbonyl (C=O) groups is 1. The van der Waals surface area contributed by atoms with E-state index in [2.05, 4.69) is 15.3 Å². The number of aromatic amines is 1. The molecule has 0 fully saturated rings. The molecule has 25 heavy (non-hydrogen) atoms. The molecule has 2 aromatic carbocycles. The van der Waals surface area contributed by atoms with E-state index in [4.69, 9.17) is 14.7 Å². The Morgan fingerprint density at radius 1 is 1.28 bits per heavy atom. The van der Waals surface area contributed by atoms with Crippen LogP contribution in [-0.4, -0.2) is 29.6 Å². The van der Waals surface area contributed by atoms with Gasteiger partial charge in [-0.1, -0.05) is 12.1 Å². The Hall–Kier alpha value is -3.53. The van der Waals surface area contributed by atoms with E-state index in [1.54, 1.807) is 18.2 Å². The molecule has 0 unspecified atom stereocenters. The molecule has 126 valence electrons. The van der Waals surface area contributed by atoms with Crippen molar-refractivity contribution in [2.24, 2.45) is 0 Å². The summed E-state index contributed by atoms with van der Waals surface area (Å²) in [6.45, 7) is 0.115. The maximum absolute atomic E-state index is 12.0. The molecule has 0 atom stereocenters. The number of ether oxygens (including phenoxy) is 2. The van der Waals surface area contributed by atoms with Gasteiger partial charge < -0.3 is 19.8 Å². The van der Waals surface area contributed by atoms with Crippen molar-refractivity contribution in [2.45, 2.75) is 6.54 Å². The average Bonchev–Trinajstić information content (AvgIpc) is 3.07. The molecule has 1 heterocycles. The second-order valence-corrected chi connectivity index (χ2v) is 5.24. The number of H-pyrrole nitrogens is 1. The van der Waals surface area contributed by atoms with Gasteiger partial charge in [0.05, 0.1) is 36.3 Å². The van der Waals surface area contributed by atoms with Crippen molar-refractivity contribution in [3.05, 3.63) is 53.9 Å². The van der Waals surface area contributed by atoms with Gasteiger partial charge in [-0.2, -0.15) is 5.26 Å². The molecule has 2 N–H and O–H groups in total. The van der Waals surface area contributed by atoms with Crippen LogP contribution in [0.15, 0.2) is 42.5 Å². The van der Waals surface area contributed by atoms with Crippen LogP contribution in [0.25, 0.3) is 11.0 Å². The number of carbonyl (C=O) groups excluding carboxylic acids is 1. The number of fused-ring (bicyclic) bond motifs is 1. The fourth-order valence-electron chi connectivity index (χ4n) is 2.32. The highest BCUT2D eigenvalue weighted by atomic mass is 16.5. The van der Waals surface area contributed by atoms with Crippen LogP contribution in [0, 0.1) is 11.3 Å². The van der Waals surface area contributed by atoms with E-state index in [9.17, 15) is 4.79 Å². The number of amides is 1. The predicted molar refractivity (Wildman–Crippen MR) is 91.1 cm³/mol. The van der Waals surface area contributed by atoms with E-state index in [0.717, 1.165) is 11.0 Å². The summed E-state index contributed by atoms with van der Waals surface area (Å²) in [7, 11) is 1.48. The number of benzene rings is 2. The zero-order valence-corrected chi connectivity index (χ0v) is 13.6. The van der Waals surface area contributed by atoms with Gasteiger partial charge in [0.25, 0.3) is 5.91 Å². The van der Waals surface area contributed by atoms with Crippen LogP contribution in [0.3, 0.4) is 0 Å². The van der Waals surface area contributed by atoms with Gasteiger partial charge in [-0.15, -0.1) is 0 Å². The quantitative estimate of drug-likeness (QED) is 0.718. The number of hydrogen-bond acceptors (Lipinski definition) is 5. The van der Waals surface area contributed by atoms with Gasteiger partial charge in [0.1, 0.15) is 5.82 Å². The lowest BCUT2D eigenvalue weighted by Gasteiger charge is -2.10. The van der Waals surface area contributed by atoms with Gasteiger partial charge in [-0.05, 0) is 24.3 Å². The molecule has 0 spiro atoms. The number of nitriles is 1. The van der Waals surface area contributed by atoms with Crippen molar-refractivity contribution in [1.82, 2.24) is 15.3 Å². The first-order valence-corrected chi connectivity index (χ1v) is 7.61. The van der Waals surface area contributed by atoms with Crippen molar-refractivity contribution in [2.75, 3.05) is 13.7 Å². The van der Waals surface area contributed by atoms with Gasteiger partial charge in [0.15, 0.2) is 18.1 Å². The maximum atomic E-state index is 12.0. The van der Waals surface area contributed by atoms with Crippen LogP contribution in [0.5, 0.6) is 11.5 Å². The fourth-order valence-corrected chi connectivity index (χ4v) is 2.32. The number of imidazole rings is 1. The Morgan fingerprint density at radius 3 is 2.88 bits per heavy atom. The van der Waals surface area contributed by atoms with E-state index < -0.39 is 0 Å². The van der Waals surface area contributed by atoms with Gasteiger partial charge in [0.2, 0.25) is 0 Å². The molecule has 0 aliphatic carbocycles. The standard InChI is InChI=1S/C18H16N4O3/c1-24-16-8-12(9-19)6-7-15(16)25-11-18(23)20-10-17-21-13-4-2-3-5-14(13)22-17/h2-8H,10-11H2,1H3,(H,20,23)(H,21,22). The summed E-state index contributed by atoms with van der Waals surface area (Å²) >= 11 is 0. The van der Waals surface area contributed by atoms with E-state index in [1.165, 1.54) is 7.11 Å². The molecule has 3 aromatic rings. The maximum Gasteiger partial charge on any atom is 0.258 e. The second-order valence-electron chi connectivity index (χ2n) is 5.24. The molecule has 0 aliphatic rings. The molecule has 0 saturated carbocycles. The molecular formula is C18H16N4O3. The van der Waals surface area contributed by atoms with E-state index in [0.29, 0.717) is 22.9 Å². The molecule has 0 aliphatic heterocycles. The van der Waals surface area contributed by atoms with E-state index in [-0.39, 0.29) is 19.1 Å². The minimum absolute atomic E-state index is 0.164. The third kappa shape index (κ3) is 3.87. The summed E-state index contributed by atoms with van der Waals surface area (Å²) < 4.78 is 10.6. The average molecular weight is 336 g/mol. The number of aromatic nitrogens is 2. The Kier molecular flexibility index (Phi) is 4.81. The van der Waals surface area contributed by atoms with Crippen molar-refractivity contribution in [3.63, 3.8) is 0 Å². The monoisotopic (exact) mass is 336 g/mol. The second kappa shape index (κ2) is 7.36. The van der Waals surface area contributed by atoms with Gasteiger partial charge in [-0.25, -0.2) is 4.98 Å². The number of nitrogens with zero attached hydrogens (tertiary/aromatic N) is 2. The first-order valence-electron chi connectivity index (χ1n) is 7.61. The lowest BCUT2D eigenvalue weighted by molar-refractivity contribution is -0.123. The molecular weight excluding hydrogens is 320 g/mol. The first kappa shape index (κ1) is 16.3. The topological polar surface area (TPSA) is 100 Å². The lowest BCUT2D eigenvalue weighted by Crippen LogP contribution is -2.28. The van der Waals surface area contributed by atoms with E-state index in [1.807, 2.05) is 30.3 Å². The summed E-state index contributed by atoms with van der Waals surface area (Å²) in [6.07, 6.45) is 0. The number of methoxy groups -OCH3 is 1. The normalized spacial score (nSPS) is 10.2. The van der Waals surface area contributed by atoms with Crippen molar-refractivity contribution < 1.29 is 14.3 Å². The zero-order chi connectivity index (χ0) is 17.6. The van der Waals surface area contributed by atoms with Crippen molar-refractivity contribution >= 4 is 16.9 Å². The van der Waals surface area contributed by atoms with Crippen LogP contribution < -0.4 is 14.8 Å². The number of hydrogen-bond donors (Lipinski definition) is 2. The van der Waals surface area contributed by atoms with Crippen molar-refractivity contribution in [3.8, 4) is 17.6 Å². The number of nitrogens with one attached hydrogen (secondary N) is 2. The third-order valence-corrected chi connectivity index (χ3v) is 3.54. The zero-order valence-electron chi connectivity index (χ0n) is 13.6. The van der Waals surface area contributed by atoms with Gasteiger partial charge in [-0.3, -0.25) is 4.79 Å². The molecule has 3 rings (SSSR count). The minimum Gasteiger partial charge on any atom is -0.493 e. The summed E-state index contributed by atoms with van der Waals surface area (Å²) in [5, 5.41) is 11.6. The molecule has 1 aromatic heterocycles. The molecule has 7 nitrogen and oxygen atoms in total. The minimum atomic E-state index is -0.285. The van der Waals surface area contributed by atoms with Crippen LogP contribution in [0.1, 0.15) is 11.4 Å². The largest absolute Gasteiger partial charge is 0.493 e. The van der Waals surface area contributed by atoms with Crippen LogP contribution in [-0.2, 0) is 11.3 Å². The van der Waals surface area contributed by atoms with Crippen LogP contribution in [0.4, 0.5) is 0 Å². The van der Waals surface area contributed by atoms with Crippen LogP contribution in [0.2, 0.25) is 0 Å². The summed E-state index contributed by atoms with van der Waals surface area (Å²) in [4.78, 5) is 19.5. The number of rotatable bonds is 6. The molecule has 1 amide bonds. The van der Waals surface area contributed by atoms with Crippen molar-refractivity contribution in [1.29, 1.82) is 5.26 Å². The summed E-state index contributed by atoms with van der Waals surface area (Å²) in [5.74, 6) is 1.20. The molecule has 0 saturated heterocycles. The third-order valence-electron chi connectivity index (χ3n) is 3.54. The van der Waals surface area contributed by atoms with Crippen LogP contribution >= 0.6 is 0 Å². The molecule has 0 radical (unpaired) electrons. The SMILES string of the molecule is COc1cc(C#N)ccc1OCC(=O)NCc1nc2ccccc2[nH]1.